The molecule has 0 bridgehead atoms. The van der Waals surface area contributed by atoms with E-state index in [1.54, 1.807) is 0 Å². The van der Waals surface area contributed by atoms with Gasteiger partial charge in [0.2, 0.25) is 5.91 Å². The van der Waals surface area contributed by atoms with Crippen molar-refractivity contribution < 1.29 is 4.79 Å². The zero-order valence-corrected chi connectivity index (χ0v) is 10.4. The van der Waals surface area contributed by atoms with Crippen molar-refractivity contribution >= 4 is 5.91 Å². The molecule has 0 unspecified atom stereocenters. The number of carbonyl (C=O) groups excluding carboxylic acids is 1. The van der Waals surface area contributed by atoms with E-state index >= 15 is 0 Å². The quantitative estimate of drug-likeness (QED) is 0.791. The Kier molecular flexibility index (Phi) is 4.22. The normalized spacial score (nSPS) is 22.8. The molecule has 0 spiro atoms. The lowest BCUT2D eigenvalue weighted by molar-refractivity contribution is -0.132. The molecule has 2 fully saturated rings. The number of amides is 1. The summed E-state index contributed by atoms with van der Waals surface area (Å²) in [7, 11) is 1.95. The summed E-state index contributed by atoms with van der Waals surface area (Å²) in [5, 5.41) is 3.41. The Bertz CT molecular complexity index is 232. The average Bonchev–Trinajstić information content (AvgIpc) is 2.25. The molecule has 92 valence electrons. The summed E-state index contributed by atoms with van der Waals surface area (Å²) in [6.45, 7) is 0.539. The minimum absolute atomic E-state index is 0.273. The van der Waals surface area contributed by atoms with Gasteiger partial charge in [0.05, 0.1) is 6.54 Å². The molecule has 0 radical (unpaired) electrons. The van der Waals surface area contributed by atoms with E-state index in [-0.39, 0.29) is 5.91 Å². The van der Waals surface area contributed by atoms with Crippen LogP contribution in [0.4, 0.5) is 0 Å². The SMILES string of the molecule is CN(C(=O)CNC1CCCCC1)C1CCC1. The summed E-state index contributed by atoms with van der Waals surface area (Å²) in [6, 6.07) is 1.12. The van der Waals surface area contributed by atoms with Crippen molar-refractivity contribution in [3.63, 3.8) is 0 Å². The second-order valence-electron chi connectivity index (χ2n) is 5.31. The van der Waals surface area contributed by atoms with Crippen molar-refractivity contribution in [2.24, 2.45) is 0 Å². The lowest BCUT2D eigenvalue weighted by atomic mass is 9.92. The first kappa shape index (κ1) is 11.9. The fourth-order valence-corrected chi connectivity index (χ4v) is 2.64. The zero-order valence-electron chi connectivity index (χ0n) is 10.4. The molecular formula is C13H24N2O. The molecule has 2 aliphatic carbocycles. The van der Waals surface area contributed by atoms with Crippen LogP contribution in [-0.4, -0.2) is 36.5 Å². The zero-order chi connectivity index (χ0) is 11.4. The predicted octanol–water partition coefficient (Wildman–Crippen LogP) is 1.92. The first-order chi connectivity index (χ1) is 7.77. The van der Waals surface area contributed by atoms with Crippen LogP contribution in [0.1, 0.15) is 51.4 Å². The number of rotatable bonds is 4. The van der Waals surface area contributed by atoms with Crippen LogP contribution >= 0.6 is 0 Å². The van der Waals surface area contributed by atoms with E-state index in [0.29, 0.717) is 18.6 Å². The van der Waals surface area contributed by atoms with Crippen LogP contribution in [0.25, 0.3) is 0 Å². The molecule has 1 amide bonds. The van der Waals surface area contributed by atoms with Gasteiger partial charge in [-0.25, -0.2) is 0 Å². The van der Waals surface area contributed by atoms with Crippen molar-refractivity contribution in [3.8, 4) is 0 Å². The summed E-state index contributed by atoms with van der Waals surface area (Å²) in [5.41, 5.74) is 0. The highest BCUT2D eigenvalue weighted by Gasteiger charge is 2.25. The first-order valence-corrected chi connectivity index (χ1v) is 6.76. The Morgan fingerprint density at radius 2 is 1.81 bits per heavy atom. The number of nitrogens with zero attached hydrogens (tertiary/aromatic N) is 1. The van der Waals surface area contributed by atoms with Gasteiger partial charge in [0, 0.05) is 19.1 Å². The second kappa shape index (κ2) is 5.67. The summed E-state index contributed by atoms with van der Waals surface area (Å²) >= 11 is 0. The van der Waals surface area contributed by atoms with E-state index in [1.165, 1.54) is 51.4 Å². The fourth-order valence-electron chi connectivity index (χ4n) is 2.64. The molecule has 0 aliphatic heterocycles. The Morgan fingerprint density at radius 1 is 1.12 bits per heavy atom. The molecule has 0 heterocycles. The van der Waals surface area contributed by atoms with Gasteiger partial charge in [-0.15, -0.1) is 0 Å². The van der Waals surface area contributed by atoms with Crippen molar-refractivity contribution in [3.05, 3.63) is 0 Å². The van der Waals surface area contributed by atoms with Crippen LogP contribution in [-0.2, 0) is 4.79 Å². The lowest BCUT2D eigenvalue weighted by Gasteiger charge is -2.35. The standard InChI is InChI=1S/C13H24N2O/c1-15(12-8-5-9-12)13(16)10-14-11-6-3-2-4-7-11/h11-12,14H,2-10H2,1H3. The maximum atomic E-state index is 11.9. The maximum Gasteiger partial charge on any atom is 0.236 e. The third-order valence-electron chi connectivity index (χ3n) is 4.16. The number of nitrogens with one attached hydrogen (secondary N) is 1. The highest BCUT2D eigenvalue weighted by Crippen LogP contribution is 2.23. The van der Waals surface area contributed by atoms with Crippen molar-refractivity contribution in [2.45, 2.75) is 63.5 Å². The van der Waals surface area contributed by atoms with E-state index < -0.39 is 0 Å². The van der Waals surface area contributed by atoms with Gasteiger partial charge in [0.25, 0.3) is 0 Å². The third-order valence-corrected chi connectivity index (χ3v) is 4.16. The Hall–Kier alpha value is -0.570. The van der Waals surface area contributed by atoms with Gasteiger partial charge in [-0.1, -0.05) is 19.3 Å². The summed E-state index contributed by atoms with van der Waals surface area (Å²) in [5.74, 6) is 0.273. The first-order valence-electron chi connectivity index (χ1n) is 6.76. The van der Waals surface area contributed by atoms with Gasteiger partial charge in [-0.2, -0.15) is 0 Å². The van der Waals surface area contributed by atoms with Crippen LogP contribution < -0.4 is 5.32 Å². The van der Waals surface area contributed by atoms with Crippen LogP contribution in [0.5, 0.6) is 0 Å². The number of hydrogen-bond acceptors (Lipinski definition) is 2. The minimum Gasteiger partial charge on any atom is -0.342 e. The van der Waals surface area contributed by atoms with Gasteiger partial charge in [-0.05, 0) is 32.1 Å². The molecule has 2 rings (SSSR count). The third kappa shape index (κ3) is 2.97. The molecule has 0 saturated heterocycles. The molecule has 2 aliphatic rings. The molecule has 2 saturated carbocycles. The molecule has 0 aromatic heterocycles. The summed E-state index contributed by atoms with van der Waals surface area (Å²) in [6.07, 6.45) is 10.2. The van der Waals surface area contributed by atoms with Crippen LogP contribution in [0.3, 0.4) is 0 Å². The topological polar surface area (TPSA) is 32.3 Å². The maximum absolute atomic E-state index is 11.9. The van der Waals surface area contributed by atoms with Crippen LogP contribution in [0.15, 0.2) is 0 Å². The van der Waals surface area contributed by atoms with E-state index in [4.69, 9.17) is 0 Å². The van der Waals surface area contributed by atoms with Crippen molar-refractivity contribution in [1.82, 2.24) is 10.2 Å². The number of carbonyl (C=O) groups is 1. The predicted molar refractivity (Wildman–Crippen MR) is 65.3 cm³/mol. The van der Waals surface area contributed by atoms with E-state index in [0.717, 1.165) is 0 Å². The number of likely N-dealkylation sites (N-methyl/N-ethyl adjacent to an activating group) is 1. The van der Waals surface area contributed by atoms with E-state index in [2.05, 4.69) is 5.32 Å². The molecule has 1 N–H and O–H groups in total. The monoisotopic (exact) mass is 224 g/mol. The molecule has 3 nitrogen and oxygen atoms in total. The minimum atomic E-state index is 0.273. The summed E-state index contributed by atoms with van der Waals surface area (Å²) in [4.78, 5) is 13.8. The highest BCUT2D eigenvalue weighted by molar-refractivity contribution is 5.78. The average molecular weight is 224 g/mol. The molecular weight excluding hydrogens is 200 g/mol. The van der Waals surface area contributed by atoms with Gasteiger partial charge in [0.1, 0.15) is 0 Å². The van der Waals surface area contributed by atoms with Gasteiger partial charge in [0.15, 0.2) is 0 Å². The fraction of sp³-hybridized carbons (Fsp3) is 0.923. The van der Waals surface area contributed by atoms with Crippen LogP contribution in [0.2, 0.25) is 0 Å². The molecule has 0 aromatic carbocycles. The Morgan fingerprint density at radius 3 is 2.38 bits per heavy atom. The van der Waals surface area contributed by atoms with Crippen LogP contribution in [0, 0.1) is 0 Å². The highest BCUT2D eigenvalue weighted by atomic mass is 16.2. The largest absolute Gasteiger partial charge is 0.342 e. The van der Waals surface area contributed by atoms with Crippen molar-refractivity contribution in [2.75, 3.05) is 13.6 Å². The molecule has 3 heteroatoms. The smallest absolute Gasteiger partial charge is 0.236 e. The Balaban J connectivity index is 1.65. The van der Waals surface area contributed by atoms with E-state index in [9.17, 15) is 4.79 Å². The van der Waals surface area contributed by atoms with E-state index in [1.807, 2.05) is 11.9 Å². The Labute approximate surface area is 98.6 Å². The van der Waals surface area contributed by atoms with Gasteiger partial charge < -0.3 is 10.2 Å². The molecule has 0 atom stereocenters. The number of hydrogen-bond donors (Lipinski definition) is 1. The second-order valence-corrected chi connectivity index (χ2v) is 5.31. The van der Waals surface area contributed by atoms with Gasteiger partial charge >= 0.3 is 0 Å². The molecule has 0 aromatic rings. The van der Waals surface area contributed by atoms with Crippen molar-refractivity contribution in [1.29, 1.82) is 0 Å². The summed E-state index contributed by atoms with van der Waals surface area (Å²) < 4.78 is 0. The molecule has 16 heavy (non-hydrogen) atoms. The lowest BCUT2D eigenvalue weighted by Crippen LogP contribution is -2.46. The van der Waals surface area contributed by atoms with Gasteiger partial charge in [-0.3, -0.25) is 4.79 Å².